The highest BCUT2D eigenvalue weighted by Gasteiger charge is 2.32. The molecule has 1 aromatic heterocycles. The van der Waals surface area contributed by atoms with E-state index in [4.69, 9.17) is 9.84 Å². The zero-order chi connectivity index (χ0) is 16.7. The summed E-state index contributed by atoms with van der Waals surface area (Å²) >= 11 is 0. The van der Waals surface area contributed by atoms with E-state index in [0.717, 1.165) is 0 Å². The number of benzene rings is 2. The van der Waals surface area contributed by atoms with Crippen molar-refractivity contribution in [2.45, 2.75) is 6.10 Å². The first-order valence-corrected chi connectivity index (χ1v) is 7.37. The summed E-state index contributed by atoms with van der Waals surface area (Å²) in [5.74, 6) is -0.562. The van der Waals surface area contributed by atoms with E-state index in [1.165, 1.54) is 21.8 Å². The van der Waals surface area contributed by atoms with Crippen molar-refractivity contribution < 1.29 is 19.0 Å². The van der Waals surface area contributed by atoms with Gasteiger partial charge in [-0.25, -0.2) is 9.18 Å². The van der Waals surface area contributed by atoms with Crippen molar-refractivity contribution in [3.8, 4) is 5.69 Å². The number of cyclic esters (lactones) is 1. The molecule has 1 N–H and O–H groups in total. The van der Waals surface area contributed by atoms with Crippen molar-refractivity contribution in [2.75, 3.05) is 18.1 Å². The molecule has 0 bridgehead atoms. The number of nitrogens with zero attached hydrogens (tertiary/aromatic N) is 4. The summed E-state index contributed by atoms with van der Waals surface area (Å²) in [6, 6.07) is 11.6. The summed E-state index contributed by atoms with van der Waals surface area (Å²) in [7, 11) is 0. The number of rotatable bonds is 3. The van der Waals surface area contributed by atoms with Gasteiger partial charge in [-0.15, -0.1) is 15.0 Å². The Hall–Kier alpha value is -3.00. The summed E-state index contributed by atoms with van der Waals surface area (Å²) < 4.78 is 19.5. The van der Waals surface area contributed by atoms with Crippen LogP contribution in [0.3, 0.4) is 0 Å². The Balaban J connectivity index is 1.68. The van der Waals surface area contributed by atoms with E-state index in [0.29, 0.717) is 16.7 Å². The highest BCUT2D eigenvalue weighted by atomic mass is 19.1. The van der Waals surface area contributed by atoms with Gasteiger partial charge in [-0.2, -0.15) is 0 Å². The summed E-state index contributed by atoms with van der Waals surface area (Å²) in [4.78, 5) is 14.3. The molecule has 0 saturated carbocycles. The molecule has 0 aliphatic carbocycles. The number of ether oxygens (including phenoxy) is 1. The Morgan fingerprint density at radius 2 is 1.92 bits per heavy atom. The summed E-state index contributed by atoms with van der Waals surface area (Å²) in [6.07, 6.45) is -1.21. The van der Waals surface area contributed by atoms with E-state index in [1.807, 2.05) is 12.1 Å². The number of hydrogen-bond donors (Lipinski definition) is 1. The maximum Gasteiger partial charge on any atom is 0.414 e. The predicted octanol–water partition coefficient (Wildman–Crippen LogP) is 1.88. The number of anilines is 1. The normalized spacial score (nSPS) is 17.5. The van der Waals surface area contributed by atoms with Crippen LogP contribution in [0.4, 0.5) is 14.9 Å². The molecule has 1 saturated heterocycles. The van der Waals surface area contributed by atoms with Gasteiger partial charge in [0.2, 0.25) is 0 Å². The van der Waals surface area contributed by atoms with Crippen LogP contribution in [-0.4, -0.2) is 45.4 Å². The average molecular weight is 328 g/mol. The average Bonchev–Trinajstić information content (AvgIpc) is 3.17. The first-order chi connectivity index (χ1) is 11.7. The molecule has 1 aliphatic rings. The predicted molar refractivity (Wildman–Crippen MR) is 83.5 cm³/mol. The fourth-order valence-corrected chi connectivity index (χ4v) is 2.62. The van der Waals surface area contributed by atoms with Gasteiger partial charge in [0.05, 0.1) is 18.8 Å². The second-order valence-corrected chi connectivity index (χ2v) is 5.41. The van der Waals surface area contributed by atoms with Crippen molar-refractivity contribution >= 4 is 22.8 Å². The number of carbonyl (C=O) groups is 1. The van der Waals surface area contributed by atoms with Crippen LogP contribution in [0, 0.1) is 5.82 Å². The minimum atomic E-state index is -0.607. The maximum absolute atomic E-state index is 14.5. The molecule has 0 unspecified atom stereocenters. The minimum Gasteiger partial charge on any atom is -0.441 e. The number of aliphatic hydroxyl groups excluding tert-OH is 1. The van der Waals surface area contributed by atoms with Crippen molar-refractivity contribution in [3.63, 3.8) is 0 Å². The third kappa shape index (κ3) is 2.37. The Bertz CT molecular complexity index is 894. The Morgan fingerprint density at radius 1 is 1.21 bits per heavy atom. The number of halogens is 1. The molecule has 1 amide bonds. The molecule has 0 spiro atoms. The third-order valence-electron chi connectivity index (χ3n) is 3.82. The van der Waals surface area contributed by atoms with E-state index in [-0.39, 0.29) is 18.8 Å². The molecule has 1 atom stereocenters. The van der Waals surface area contributed by atoms with Gasteiger partial charge in [-0.05, 0) is 24.3 Å². The zero-order valence-corrected chi connectivity index (χ0v) is 12.5. The van der Waals surface area contributed by atoms with Crippen LogP contribution in [0.25, 0.3) is 16.7 Å². The number of fused-ring (bicyclic) bond motifs is 1. The van der Waals surface area contributed by atoms with Gasteiger partial charge in [0.1, 0.15) is 22.8 Å². The summed E-state index contributed by atoms with van der Waals surface area (Å²) in [5, 5.41) is 17.5. The molecular weight excluding hydrogens is 315 g/mol. The monoisotopic (exact) mass is 328 g/mol. The van der Waals surface area contributed by atoms with E-state index in [9.17, 15) is 9.18 Å². The van der Waals surface area contributed by atoms with Crippen LogP contribution >= 0.6 is 0 Å². The van der Waals surface area contributed by atoms with E-state index in [1.54, 1.807) is 18.2 Å². The van der Waals surface area contributed by atoms with E-state index in [2.05, 4.69) is 10.2 Å². The molecule has 7 nitrogen and oxygen atoms in total. The molecule has 1 fully saturated rings. The largest absolute Gasteiger partial charge is 0.441 e. The highest BCUT2D eigenvalue weighted by Crippen LogP contribution is 2.25. The Labute approximate surface area is 135 Å². The van der Waals surface area contributed by atoms with Crippen molar-refractivity contribution in [2.24, 2.45) is 0 Å². The maximum atomic E-state index is 14.5. The topological polar surface area (TPSA) is 80.5 Å². The quantitative estimate of drug-likeness (QED) is 0.794. The van der Waals surface area contributed by atoms with E-state index < -0.39 is 18.0 Å². The van der Waals surface area contributed by atoms with Crippen LogP contribution in [0.5, 0.6) is 0 Å². The number of amides is 1. The highest BCUT2D eigenvalue weighted by molar-refractivity contribution is 5.89. The number of hydrogen-bond acceptors (Lipinski definition) is 5. The van der Waals surface area contributed by atoms with Gasteiger partial charge >= 0.3 is 6.09 Å². The zero-order valence-electron chi connectivity index (χ0n) is 12.5. The van der Waals surface area contributed by atoms with Crippen LogP contribution < -0.4 is 4.90 Å². The second-order valence-electron chi connectivity index (χ2n) is 5.41. The lowest BCUT2D eigenvalue weighted by molar-refractivity contribution is 0.0963. The molecule has 4 rings (SSSR count). The first kappa shape index (κ1) is 14.6. The smallest absolute Gasteiger partial charge is 0.414 e. The van der Waals surface area contributed by atoms with Gasteiger partial charge in [0, 0.05) is 6.07 Å². The van der Waals surface area contributed by atoms with Gasteiger partial charge in [0.15, 0.2) is 5.82 Å². The fraction of sp³-hybridized carbons (Fsp3) is 0.188. The SMILES string of the molecule is O=C1O[C@@H](CO)CN1c1ccc(-n2nc3ccccc3n2)c(F)c1. The van der Waals surface area contributed by atoms with Gasteiger partial charge in [0.25, 0.3) is 0 Å². The van der Waals surface area contributed by atoms with E-state index >= 15 is 0 Å². The van der Waals surface area contributed by atoms with Crippen molar-refractivity contribution in [3.05, 3.63) is 48.3 Å². The Morgan fingerprint density at radius 3 is 2.50 bits per heavy atom. The molecule has 24 heavy (non-hydrogen) atoms. The number of aliphatic hydroxyl groups is 1. The summed E-state index contributed by atoms with van der Waals surface area (Å²) in [6.45, 7) is -0.0926. The number of aromatic nitrogens is 3. The molecule has 1 aliphatic heterocycles. The van der Waals surface area contributed by atoms with Crippen molar-refractivity contribution in [1.29, 1.82) is 0 Å². The standard InChI is InChI=1S/C16H13FN4O3/c17-12-7-10(20-8-11(9-22)24-16(20)23)5-6-15(12)21-18-13-3-1-2-4-14(13)19-21/h1-7,11,22H,8-9H2/t11-/m1/s1. The van der Waals surface area contributed by atoms with Crippen LogP contribution in [0.1, 0.15) is 0 Å². The molecule has 3 aromatic rings. The number of carbonyl (C=O) groups excluding carboxylic acids is 1. The molecule has 8 heteroatoms. The molecule has 2 aromatic carbocycles. The first-order valence-electron chi connectivity index (χ1n) is 7.37. The van der Waals surface area contributed by atoms with Gasteiger partial charge in [-0.1, -0.05) is 12.1 Å². The lowest BCUT2D eigenvalue weighted by Gasteiger charge is -2.13. The second kappa shape index (κ2) is 5.57. The summed E-state index contributed by atoms with van der Waals surface area (Å²) in [5.41, 5.74) is 1.86. The lowest BCUT2D eigenvalue weighted by atomic mass is 10.2. The molecule has 2 heterocycles. The lowest BCUT2D eigenvalue weighted by Crippen LogP contribution is -2.25. The third-order valence-corrected chi connectivity index (χ3v) is 3.82. The van der Waals surface area contributed by atoms with Gasteiger partial charge in [-0.3, -0.25) is 4.90 Å². The fourth-order valence-electron chi connectivity index (χ4n) is 2.62. The minimum absolute atomic E-state index is 0.179. The Kier molecular flexibility index (Phi) is 3.39. The molecule has 0 radical (unpaired) electrons. The van der Waals surface area contributed by atoms with Gasteiger partial charge < -0.3 is 9.84 Å². The molecular formula is C16H13FN4O3. The van der Waals surface area contributed by atoms with Crippen LogP contribution in [0.15, 0.2) is 42.5 Å². The van der Waals surface area contributed by atoms with Crippen molar-refractivity contribution in [1.82, 2.24) is 15.0 Å². The molecule has 122 valence electrons. The van der Waals surface area contributed by atoms with Crippen LogP contribution in [0.2, 0.25) is 0 Å². The van der Waals surface area contributed by atoms with Crippen LogP contribution in [-0.2, 0) is 4.74 Å².